The minimum Gasteiger partial charge on any atom is -0.399 e. The number of anilines is 4. The molecule has 16 N–H and O–H groups in total. The summed E-state index contributed by atoms with van der Waals surface area (Å²) < 4.78 is 0. The van der Waals surface area contributed by atoms with Gasteiger partial charge in [-0.15, -0.1) is 0 Å². The van der Waals surface area contributed by atoms with Crippen molar-refractivity contribution in [3.8, 4) is 0 Å². The van der Waals surface area contributed by atoms with Crippen LogP contribution >= 0.6 is 0 Å². The first-order chi connectivity index (χ1) is 70.1. The molecule has 14 aromatic carbocycles. The van der Waals surface area contributed by atoms with Crippen LogP contribution < -0.4 is 22.1 Å². The topological polar surface area (TPSA) is 387 Å². The Balaban J connectivity index is 0.000000154. The van der Waals surface area contributed by atoms with E-state index in [2.05, 4.69) is 25.6 Å². The van der Waals surface area contributed by atoms with Gasteiger partial charge in [0.25, 0.3) is 11.8 Å². The van der Waals surface area contributed by atoms with Crippen molar-refractivity contribution in [2.75, 3.05) is 22.1 Å². The van der Waals surface area contributed by atoms with Gasteiger partial charge in [0, 0.05) is 72.7 Å². The van der Waals surface area contributed by atoms with E-state index in [1.807, 2.05) is 334 Å². The molecule has 3 aliphatic heterocycles. The van der Waals surface area contributed by atoms with Crippen LogP contribution in [0.15, 0.2) is 382 Å². The van der Waals surface area contributed by atoms with Crippen LogP contribution in [0.5, 0.6) is 0 Å². The molecule has 0 radical (unpaired) electrons. The Morgan fingerprint density at radius 2 is 0.535 bits per heavy atom. The quantitative estimate of drug-likeness (QED) is 0.0186. The summed E-state index contributed by atoms with van der Waals surface area (Å²) in [4.78, 5) is 92.6. The number of nitrogens with one attached hydrogen (secondary N) is 4. The van der Waals surface area contributed by atoms with E-state index in [9.17, 15) is 60.0 Å². The van der Waals surface area contributed by atoms with Crippen molar-refractivity contribution < 1.29 is 64.8 Å². The summed E-state index contributed by atoms with van der Waals surface area (Å²) in [6.45, 7) is 0.819. The molecule has 5 heterocycles. The lowest BCUT2D eigenvalue weighted by atomic mass is 9.90. The molecule has 734 valence electrons. The third kappa shape index (κ3) is 24.8. The fourth-order valence-electron chi connectivity index (χ4n) is 19.7. The second-order valence-electron chi connectivity index (χ2n) is 37.2. The number of urea groups is 3. The first-order valence-corrected chi connectivity index (χ1v) is 48.5. The molecular weight excluding hydrogens is 1810 g/mol. The predicted octanol–water partition coefficient (Wildman–Crippen LogP) is 16.2. The summed E-state index contributed by atoms with van der Waals surface area (Å²) in [5, 5.41) is 97.4. The molecule has 3 aliphatic rings. The van der Waals surface area contributed by atoms with Gasteiger partial charge in [0.15, 0.2) is 0 Å². The van der Waals surface area contributed by atoms with Crippen LogP contribution in [-0.4, -0.2) is 188 Å². The lowest BCUT2D eigenvalue weighted by molar-refractivity contribution is -0.0408. The molecule has 0 saturated carbocycles. The third-order valence-electron chi connectivity index (χ3n) is 27.2. The predicted molar refractivity (Wildman–Crippen MR) is 559 cm³/mol. The maximum absolute atomic E-state index is 15.4. The number of carbonyl (C=O) groups is 5. The Bertz CT molecular complexity index is 6480. The zero-order chi connectivity index (χ0) is 100. The molecule has 26 heteroatoms. The molecule has 0 bridgehead atoms. The molecular formula is C118H119N13O13. The minimum atomic E-state index is -1.36. The van der Waals surface area contributed by atoms with Gasteiger partial charge < -0.3 is 97.0 Å². The number of nitrogen functional groups attached to an aromatic ring is 2. The molecule has 3 saturated heterocycles. The normalized spacial score (nSPS) is 19.7. The number of nitrogens with two attached hydrogens (primary N) is 2. The van der Waals surface area contributed by atoms with E-state index in [4.69, 9.17) is 11.5 Å². The summed E-state index contributed by atoms with van der Waals surface area (Å²) in [6.07, 6.45) is -5.47. The van der Waals surface area contributed by atoms with Gasteiger partial charge in [-0.3, -0.25) is 14.9 Å². The number of aromatic amines is 2. The van der Waals surface area contributed by atoms with Gasteiger partial charge in [-0.1, -0.05) is 309 Å². The van der Waals surface area contributed by atoms with Crippen LogP contribution in [-0.2, 0) is 91.0 Å². The van der Waals surface area contributed by atoms with Gasteiger partial charge in [0.05, 0.1) is 60.5 Å². The van der Waals surface area contributed by atoms with E-state index in [0.29, 0.717) is 71.1 Å². The van der Waals surface area contributed by atoms with Crippen LogP contribution in [0.25, 0.3) is 21.9 Å². The SMILES string of the molecule is Nc1cccc(CN2C(=O)N(Cc3cccc(N)c3)[C@H](Cc3ccccc3)[C@H](O)[C@@H](O)[C@H]2Cc2ccccc2)c1.O=C(Nc1cc2ccccc2[nH]1)c1cccc(CN2C(=O)N(Cc3cccc(C(=O)Nc4nc5ccccc5[nH]4)c3)[C@H](Cc3ccccc3)[C@H](O)[C@@H](O)[C@H]2Cc2ccccc2)c1.O=C1N(Cc2ccc(CO)cc2)[C@H](Cc2ccccc2)[C@H](O)[C@@H](O)[C@@H](Cc2ccccc2)N1Cc1ccc(CO)cc1. The lowest BCUT2D eigenvalue weighted by Crippen LogP contribution is -2.50. The molecule has 0 unspecified atom stereocenters. The second kappa shape index (κ2) is 47.1. The number of imidazole rings is 1. The molecule has 3 fully saturated rings. The van der Waals surface area contributed by atoms with E-state index >= 15 is 4.79 Å². The number of aromatic nitrogens is 3. The number of hydrogen-bond donors (Lipinski definition) is 14. The zero-order valence-electron chi connectivity index (χ0n) is 79.6. The molecule has 19 rings (SSSR count). The minimum absolute atomic E-state index is 0.0212. The first-order valence-electron chi connectivity index (χ1n) is 48.5. The highest BCUT2D eigenvalue weighted by molar-refractivity contribution is 6.05. The molecule has 16 aromatic rings. The average molecular weight is 1930 g/mol. The van der Waals surface area contributed by atoms with E-state index in [-0.39, 0.29) is 89.2 Å². The summed E-state index contributed by atoms with van der Waals surface area (Å²) in [7, 11) is 0. The van der Waals surface area contributed by atoms with Crippen molar-refractivity contribution in [3.63, 3.8) is 0 Å². The average Bonchev–Trinajstić information content (AvgIpc) is 1.64. The standard InChI is InChI=1S/C50H45N7O5.C35H38N2O5.C33H36N4O3/c58-45-42(27-32-13-3-1-4-14-32)56(30-34-17-11-20-37(25-34)47(60)54-44-29-36-19-7-8-22-39(36)51-44)50(62)57(43(46(45)59)28-33-15-5-2-6-16-33)31-35-18-12-21-38(26-35)48(61)55-49-52-40-23-9-10-24-41(40)53-49;38-23-29-15-11-27(12-16-29)21-36-31(19-25-7-3-1-4-8-25)33(40)34(41)32(20-26-9-5-2-6-10-26)37(35(36)42)22-28-13-17-30(24-39)18-14-28;34-27-15-7-13-25(17-27)21-36-29(19-23-9-3-1-4-10-23)31(38)32(39)30(20-24-11-5-2-6-12-24)37(33(36)40)22-26-14-8-16-28(35)18-26/h1-26,29,42-43,45-46,51,58-59H,27-28,30-31H2,(H,54,60)(H2,52,53,55,61);1-18,31-34,38-41H,19-24H2;1-18,29-32,38-39H,19-22,34-35H2/t42-,43-,45+,46+;31-,32-,33+,34+;29-,30-,31+,32+/m111/s1. The van der Waals surface area contributed by atoms with Crippen molar-refractivity contribution in [2.45, 2.75) is 164 Å². The summed E-state index contributed by atoms with van der Waals surface area (Å²) in [6, 6.07) is 113. The monoisotopic (exact) mass is 1930 g/mol. The highest BCUT2D eigenvalue weighted by Crippen LogP contribution is 2.37. The van der Waals surface area contributed by atoms with Crippen molar-refractivity contribution in [2.24, 2.45) is 0 Å². The van der Waals surface area contributed by atoms with Gasteiger partial charge in [0.1, 0.15) is 42.4 Å². The number of hydrogen-bond acceptors (Lipinski definition) is 16. The van der Waals surface area contributed by atoms with Gasteiger partial charge >= 0.3 is 18.1 Å². The van der Waals surface area contributed by atoms with Gasteiger partial charge in [0.2, 0.25) is 5.95 Å². The fraction of sp³-hybridized carbons (Fsp3) is 0.220. The van der Waals surface area contributed by atoms with Crippen LogP contribution in [0.4, 0.5) is 37.5 Å². The van der Waals surface area contributed by atoms with Crippen LogP contribution in [0.3, 0.4) is 0 Å². The highest BCUT2D eigenvalue weighted by atomic mass is 16.3. The maximum atomic E-state index is 15.4. The van der Waals surface area contributed by atoms with Crippen LogP contribution in [0, 0.1) is 0 Å². The zero-order valence-corrected chi connectivity index (χ0v) is 79.6. The molecule has 12 atom stereocenters. The van der Waals surface area contributed by atoms with Crippen LogP contribution in [0.1, 0.15) is 98.6 Å². The molecule has 144 heavy (non-hydrogen) atoms. The molecule has 8 amide bonds. The van der Waals surface area contributed by atoms with E-state index in [1.54, 1.807) is 77.9 Å². The van der Waals surface area contributed by atoms with Gasteiger partial charge in [-0.05, 0) is 189 Å². The number of para-hydroxylation sites is 3. The van der Waals surface area contributed by atoms with Crippen LogP contribution in [0.2, 0.25) is 0 Å². The van der Waals surface area contributed by atoms with E-state index in [0.717, 1.165) is 88.7 Å². The van der Waals surface area contributed by atoms with Crippen molar-refractivity contribution in [3.05, 3.63) is 471 Å². The number of H-pyrrole nitrogens is 2. The van der Waals surface area contributed by atoms with Gasteiger partial charge in [-0.2, -0.15) is 0 Å². The number of carbonyl (C=O) groups excluding carboxylic acids is 5. The Kier molecular flexibility index (Phi) is 32.6. The Morgan fingerprint density at radius 3 is 0.840 bits per heavy atom. The highest BCUT2D eigenvalue weighted by Gasteiger charge is 2.50. The van der Waals surface area contributed by atoms with Crippen molar-refractivity contribution >= 4 is 75.0 Å². The number of aliphatic hydroxyl groups is 8. The van der Waals surface area contributed by atoms with Gasteiger partial charge in [-0.25, -0.2) is 19.4 Å². The van der Waals surface area contributed by atoms with E-state index in [1.165, 1.54) is 0 Å². The number of amides is 8. The van der Waals surface area contributed by atoms with Crippen molar-refractivity contribution in [1.29, 1.82) is 0 Å². The first kappa shape index (κ1) is 99.7. The second-order valence-corrected chi connectivity index (χ2v) is 37.2. The number of aliphatic hydroxyl groups excluding tert-OH is 8. The number of fused-ring (bicyclic) bond motifs is 2. The molecule has 0 aliphatic carbocycles. The largest absolute Gasteiger partial charge is 0.399 e. The van der Waals surface area contributed by atoms with E-state index < -0.39 is 78.9 Å². The summed E-state index contributed by atoms with van der Waals surface area (Å²) in [5.41, 5.74) is 28.3. The lowest BCUT2D eigenvalue weighted by Gasteiger charge is -2.36. The molecule has 0 spiro atoms. The molecule has 26 nitrogen and oxygen atoms in total. The Morgan fingerprint density at radius 1 is 0.271 bits per heavy atom. The smallest absolute Gasteiger partial charge is 0.321 e. The third-order valence-corrected chi connectivity index (χ3v) is 27.2. The number of nitrogens with zero attached hydrogens (tertiary/aromatic N) is 7. The fourth-order valence-corrected chi connectivity index (χ4v) is 19.7. The Labute approximate surface area is 836 Å². The van der Waals surface area contributed by atoms with Crippen molar-refractivity contribution in [1.82, 2.24) is 44.4 Å². The number of benzene rings is 14. The summed E-state index contributed by atoms with van der Waals surface area (Å²) in [5.74, 6) is 0.150. The Hall–Kier alpha value is -15.9. The summed E-state index contributed by atoms with van der Waals surface area (Å²) >= 11 is 0. The number of rotatable bonds is 30. The maximum Gasteiger partial charge on any atom is 0.321 e. The molecule has 2 aromatic heterocycles.